The molecule has 3 aromatic carbocycles. The van der Waals surface area contributed by atoms with Crippen LogP contribution in [0.5, 0.6) is 5.75 Å². The van der Waals surface area contributed by atoms with Gasteiger partial charge in [0.1, 0.15) is 12.4 Å². The first-order chi connectivity index (χ1) is 16.7. The molecular formula is C28H29N3O3. The van der Waals surface area contributed by atoms with E-state index in [0.717, 1.165) is 48.6 Å². The molecule has 3 aromatic rings. The zero-order valence-electron chi connectivity index (χ0n) is 19.1. The zero-order valence-corrected chi connectivity index (χ0v) is 19.1. The van der Waals surface area contributed by atoms with E-state index in [1.165, 1.54) is 0 Å². The van der Waals surface area contributed by atoms with Crippen molar-refractivity contribution in [3.8, 4) is 5.75 Å². The number of piperidine rings is 1. The van der Waals surface area contributed by atoms with Gasteiger partial charge in [-0.05, 0) is 55.8 Å². The maximum Gasteiger partial charge on any atom is 0.241 e. The van der Waals surface area contributed by atoms with Crippen molar-refractivity contribution in [3.05, 3.63) is 90.5 Å². The molecule has 0 aliphatic carbocycles. The Labute approximate surface area is 200 Å². The Kier molecular flexibility index (Phi) is 6.58. The first-order valence-electron chi connectivity index (χ1n) is 11.9. The number of hydrogen-bond donors (Lipinski definition) is 1. The van der Waals surface area contributed by atoms with Crippen LogP contribution in [0, 0.1) is 5.92 Å². The summed E-state index contributed by atoms with van der Waals surface area (Å²) in [7, 11) is 0. The monoisotopic (exact) mass is 455 g/mol. The Bertz CT molecular complexity index is 1130. The minimum absolute atomic E-state index is 0.0345. The van der Waals surface area contributed by atoms with E-state index in [0.29, 0.717) is 13.2 Å². The number of likely N-dealkylation sites (tertiary alicyclic amines) is 1. The van der Waals surface area contributed by atoms with E-state index in [9.17, 15) is 9.59 Å². The Hall–Kier alpha value is -3.64. The van der Waals surface area contributed by atoms with Crippen molar-refractivity contribution in [2.24, 2.45) is 5.92 Å². The van der Waals surface area contributed by atoms with Crippen LogP contribution in [0.25, 0.3) is 0 Å². The molecule has 1 saturated heterocycles. The van der Waals surface area contributed by atoms with E-state index < -0.39 is 0 Å². The average molecular weight is 456 g/mol. The van der Waals surface area contributed by atoms with Gasteiger partial charge in [0.2, 0.25) is 11.8 Å². The molecule has 0 radical (unpaired) electrons. The maximum atomic E-state index is 13.6. The second-order valence-electron chi connectivity index (χ2n) is 8.87. The van der Waals surface area contributed by atoms with Crippen LogP contribution in [0.4, 0.5) is 11.4 Å². The lowest BCUT2D eigenvalue weighted by atomic mass is 9.95. The molecule has 6 nitrogen and oxygen atoms in total. The fourth-order valence-electron chi connectivity index (χ4n) is 4.80. The summed E-state index contributed by atoms with van der Waals surface area (Å²) < 4.78 is 6.00. The number of hydrogen-bond acceptors (Lipinski definition) is 4. The second kappa shape index (κ2) is 10.1. The number of fused-ring (bicyclic) bond motifs is 1. The quantitative estimate of drug-likeness (QED) is 0.615. The number of nitrogens with zero attached hydrogens (tertiary/aromatic N) is 2. The molecule has 174 valence electrons. The third-order valence-corrected chi connectivity index (χ3v) is 6.64. The number of benzene rings is 3. The molecule has 2 heterocycles. The number of rotatable bonds is 5. The fourth-order valence-corrected chi connectivity index (χ4v) is 4.80. The SMILES string of the molecule is O=C(Nc1ccccc1)C1CCN(CC(=O)N2c3ccccc3OC[C@@H]2c2ccccc2)CC1. The van der Waals surface area contributed by atoms with Gasteiger partial charge in [-0.15, -0.1) is 0 Å². The number of anilines is 2. The van der Waals surface area contributed by atoms with Crippen LogP contribution in [0.1, 0.15) is 24.4 Å². The molecule has 2 aliphatic heterocycles. The molecule has 0 bridgehead atoms. The molecule has 34 heavy (non-hydrogen) atoms. The first-order valence-corrected chi connectivity index (χ1v) is 11.9. The van der Waals surface area contributed by atoms with Gasteiger partial charge in [0.15, 0.2) is 0 Å². The first kappa shape index (κ1) is 22.2. The summed E-state index contributed by atoms with van der Waals surface area (Å²) in [6.45, 7) is 2.19. The van der Waals surface area contributed by atoms with Gasteiger partial charge < -0.3 is 10.1 Å². The van der Waals surface area contributed by atoms with Crippen molar-refractivity contribution in [2.45, 2.75) is 18.9 Å². The van der Waals surface area contributed by atoms with Crippen LogP contribution in [0.3, 0.4) is 0 Å². The molecule has 0 unspecified atom stereocenters. The van der Waals surface area contributed by atoms with Crippen molar-refractivity contribution in [3.63, 3.8) is 0 Å². The van der Waals surface area contributed by atoms with Gasteiger partial charge in [-0.1, -0.05) is 60.7 Å². The van der Waals surface area contributed by atoms with Crippen LogP contribution < -0.4 is 15.0 Å². The van der Waals surface area contributed by atoms with Gasteiger partial charge in [-0.3, -0.25) is 19.4 Å². The van der Waals surface area contributed by atoms with Gasteiger partial charge in [0.25, 0.3) is 0 Å². The minimum atomic E-state index is -0.169. The highest BCUT2D eigenvalue weighted by Crippen LogP contribution is 2.39. The summed E-state index contributed by atoms with van der Waals surface area (Å²) in [5.74, 6) is 0.812. The number of ether oxygens (including phenoxy) is 1. The molecule has 2 amide bonds. The highest BCUT2D eigenvalue weighted by atomic mass is 16.5. The predicted octanol–water partition coefficient (Wildman–Crippen LogP) is 4.50. The number of amides is 2. The van der Waals surface area contributed by atoms with Gasteiger partial charge in [0.05, 0.1) is 18.3 Å². The van der Waals surface area contributed by atoms with E-state index in [-0.39, 0.29) is 23.8 Å². The minimum Gasteiger partial charge on any atom is -0.489 e. The lowest BCUT2D eigenvalue weighted by molar-refractivity contribution is -0.122. The lowest BCUT2D eigenvalue weighted by Crippen LogP contribution is -2.48. The molecule has 1 atom stereocenters. The molecule has 5 rings (SSSR count). The Morgan fingerprint density at radius 3 is 2.24 bits per heavy atom. The third-order valence-electron chi connectivity index (χ3n) is 6.64. The zero-order chi connectivity index (χ0) is 23.3. The van der Waals surface area contributed by atoms with E-state index in [1.807, 2.05) is 89.8 Å². The molecule has 1 fully saturated rings. The summed E-state index contributed by atoms with van der Waals surface area (Å²) in [4.78, 5) is 30.3. The molecule has 1 N–H and O–H groups in total. The predicted molar refractivity (Wildman–Crippen MR) is 133 cm³/mol. The Balaban J connectivity index is 1.24. The standard InChI is InChI=1S/C28H29N3O3/c32-27(19-30-17-15-22(16-18-30)28(33)29-23-11-5-2-6-12-23)31-24-13-7-8-14-26(24)34-20-25(31)21-9-3-1-4-10-21/h1-14,22,25H,15-20H2,(H,29,33)/t25-/m1/s1. The van der Waals surface area contributed by atoms with Crippen molar-refractivity contribution in [2.75, 3.05) is 36.5 Å². The van der Waals surface area contributed by atoms with Crippen LogP contribution in [-0.2, 0) is 9.59 Å². The molecule has 0 saturated carbocycles. The lowest BCUT2D eigenvalue weighted by Gasteiger charge is -2.39. The topological polar surface area (TPSA) is 61.9 Å². The van der Waals surface area contributed by atoms with Crippen LogP contribution in [-0.4, -0.2) is 43.0 Å². The molecule has 0 aromatic heterocycles. The average Bonchev–Trinajstić information content (AvgIpc) is 2.89. The summed E-state index contributed by atoms with van der Waals surface area (Å²) in [6, 6.07) is 27.1. The van der Waals surface area contributed by atoms with Gasteiger partial charge in [-0.2, -0.15) is 0 Å². The largest absolute Gasteiger partial charge is 0.489 e. The van der Waals surface area contributed by atoms with Crippen molar-refractivity contribution in [1.29, 1.82) is 0 Å². The van der Waals surface area contributed by atoms with Crippen molar-refractivity contribution in [1.82, 2.24) is 4.90 Å². The van der Waals surface area contributed by atoms with Crippen molar-refractivity contribution >= 4 is 23.2 Å². The number of carbonyl (C=O) groups is 2. The maximum absolute atomic E-state index is 13.6. The highest BCUT2D eigenvalue weighted by molar-refractivity contribution is 5.97. The number of para-hydroxylation sites is 3. The van der Waals surface area contributed by atoms with Crippen molar-refractivity contribution < 1.29 is 14.3 Å². The van der Waals surface area contributed by atoms with E-state index in [4.69, 9.17) is 4.74 Å². The molecular weight excluding hydrogens is 426 g/mol. The van der Waals surface area contributed by atoms with Gasteiger partial charge in [0, 0.05) is 11.6 Å². The normalized spacial score (nSPS) is 18.6. The van der Waals surface area contributed by atoms with E-state index in [2.05, 4.69) is 10.2 Å². The van der Waals surface area contributed by atoms with E-state index in [1.54, 1.807) is 0 Å². The summed E-state index contributed by atoms with van der Waals surface area (Å²) in [6.07, 6.45) is 1.49. The summed E-state index contributed by atoms with van der Waals surface area (Å²) >= 11 is 0. The Morgan fingerprint density at radius 1 is 0.853 bits per heavy atom. The molecule has 2 aliphatic rings. The second-order valence-corrected chi connectivity index (χ2v) is 8.87. The van der Waals surface area contributed by atoms with E-state index >= 15 is 0 Å². The fraction of sp³-hybridized carbons (Fsp3) is 0.286. The van der Waals surface area contributed by atoms with Gasteiger partial charge >= 0.3 is 0 Å². The number of nitrogens with one attached hydrogen (secondary N) is 1. The van der Waals surface area contributed by atoms with Gasteiger partial charge in [-0.25, -0.2) is 0 Å². The third kappa shape index (κ3) is 4.82. The molecule has 6 heteroatoms. The smallest absolute Gasteiger partial charge is 0.241 e. The van der Waals surface area contributed by atoms with Crippen LogP contribution in [0.2, 0.25) is 0 Å². The van der Waals surface area contributed by atoms with Crippen LogP contribution >= 0.6 is 0 Å². The van der Waals surface area contributed by atoms with Crippen LogP contribution in [0.15, 0.2) is 84.9 Å². The molecule has 0 spiro atoms. The highest BCUT2D eigenvalue weighted by Gasteiger charge is 2.35. The summed E-state index contributed by atoms with van der Waals surface area (Å²) in [5.41, 5.74) is 2.69. The summed E-state index contributed by atoms with van der Waals surface area (Å²) in [5, 5.41) is 3.01. The number of carbonyl (C=O) groups excluding carboxylic acids is 2. The Morgan fingerprint density at radius 2 is 1.50 bits per heavy atom.